The van der Waals surface area contributed by atoms with E-state index in [1.54, 1.807) is 20.2 Å². The van der Waals surface area contributed by atoms with E-state index >= 15 is 0 Å². The molecule has 140 valence electrons. The van der Waals surface area contributed by atoms with Crippen LogP contribution in [0.2, 0.25) is 0 Å². The molecule has 0 amide bonds. The zero-order valence-corrected chi connectivity index (χ0v) is 16.9. The highest BCUT2D eigenvalue weighted by Crippen LogP contribution is 2.19. The molecule has 0 spiro atoms. The minimum absolute atomic E-state index is 0. The molecule has 6 nitrogen and oxygen atoms in total. The quantitative estimate of drug-likeness (QED) is 0.231. The molecule has 0 unspecified atom stereocenters. The van der Waals surface area contributed by atoms with Gasteiger partial charge in [-0.2, -0.15) is 0 Å². The number of rotatable bonds is 9. The van der Waals surface area contributed by atoms with E-state index in [4.69, 9.17) is 9.47 Å². The maximum atomic E-state index is 13.2. The van der Waals surface area contributed by atoms with Crippen molar-refractivity contribution in [2.24, 2.45) is 4.99 Å². The van der Waals surface area contributed by atoms with Crippen molar-refractivity contribution < 1.29 is 13.9 Å². The van der Waals surface area contributed by atoms with Gasteiger partial charge in [-0.15, -0.1) is 24.0 Å². The first-order chi connectivity index (χ1) is 11.7. The van der Waals surface area contributed by atoms with Crippen LogP contribution in [0.15, 0.2) is 29.4 Å². The van der Waals surface area contributed by atoms with Crippen molar-refractivity contribution in [3.8, 4) is 0 Å². The second kappa shape index (κ2) is 12.0. The van der Waals surface area contributed by atoms with Crippen LogP contribution >= 0.6 is 24.0 Å². The van der Waals surface area contributed by atoms with Crippen molar-refractivity contribution in [1.29, 1.82) is 0 Å². The number of nitrogens with zero attached hydrogens (tertiary/aromatic N) is 1. The minimum atomic E-state index is -0.230. The number of guanidine groups is 1. The van der Waals surface area contributed by atoms with E-state index in [1.807, 2.05) is 6.20 Å². The maximum Gasteiger partial charge on any atom is 0.191 e. The lowest BCUT2D eigenvalue weighted by atomic mass is 10.1. The van der Waals surface area contributed by atoms with Gasteiger partial charge in [-0.05, 0) is 30.2 Å². The second-order valence-corrected chi connectivity index (χ2v) is 5.28. The summed E-state index contributed by atoms with van der Waals surface area (Å²) in [5.74, 6) is 0.502. The molecule has 0 saturated carbocycles. The lowest BCUT2D eigenvalue weighted by Gasteiger charge is -2.11. The number of hydrogen-bond acceptors (Lipinski definition) is 3. The van der Waals surface area contributed by atoms with Crippen LogP contribution in [0.5, 0.6) is 0 Å². The van der Waals surface area contributed by atoms with E-state index in [2.05, 4.69) is 20.6 Å². The van der Waals surface area contributed by atoms with Gasteiger partial charge in [-0.1, -0.05) is 0 Å². The van der Waals surface area contributed by atoms with Gasteiger partial charge in [0.25, 0.3) is 0 Å². The van der Waals surface area contributed by atoms with Gasteiger partial charge in [0.15, 0.2) is 5.96 Å². The van der Waals surface area contributed by atoms with Gasteiger partial charge < -0.3 is 25.1 Å². The van der Waals surface area contributed by atoms with Crippen molar-refractivity contribution in [1.82, 2.24) is 15.6 Å². The van der Waals surface area contributed by atoms with Crippen molar-refractivity contribution in [3.05, 3.63) is 35.8 Å². The first-order valence-corrected chi connectivity index (χ1v) is 8.01. The number of H-pyrrole nitrogens is 1. The Morgan fingerprint density at radius 3 is 2.76 bits per heavy atom. The lowest BCUT2D eigenvalue weighted by molar-refractivity contribution is 0.0733. The van der Waals surface area contributed by atoms with Crippen LogP contribution in [-0.2, 0) is 15.9 Å². The van der Waals surface area contributed by atoms with Gasteiger partial charge in [0.1, 0.15) is 5.82 Å². The Kier molecular flexibility index (Phi) is 10.4. The summed E-state index contributed by atoms with van der Waals surface area (Å²) >= 11 is 0. The zero-order chi connectivity index (χ0) is 17.2. The summed E-state index contributed by atoms with van der Waals surface area (Å²) in [4.78, 5) is 7.27. The summed E-state index contributed by atoms with van der Waals surface area (Å²) in [7, 11) is 3.38. The molecular weight excluding hydrogens is 438 g/mol. The molecule has 2 rings (SSSR count). The monoisotopic (exact) mass is 464 g/mol. The second-order valence-electron chi connectivity index (χ2n) is 5.28. The molecular formula is C17H26FIN4O2. The normalized spacial score (nSPS) is 11.4. The SMILES string of the molecule is CN=C(NCCOCCOC)NCCc1c[nH]c2cc(F)ccc12.I. The van der Waals surface area contributed by atoms with Crippen LogP contribution in [-0.4, -0.2) is 58.0 Å². The number of nitrogens with one attached hydrogen (secondary N) is 3. The zero-order valence-electron chi connectivity index (χ0n) is 14.6. The third-order valence-corrected chi connectivity index (χ3v) is 3.61. The van der Waals surface area contributed by atoms with Crippen molar-refractivity contribution >= 4 is 40.8 Å². The number of aromatic nitrogens is 1. The van der Waals surface area contributed by atoms with Crippen LogP contribution in [0.25, 0.3) is 10.9 Å². The predicted molar refractivity (Wildman–Crippen MR) is 109 cm³/mol. The molecule has 0 radical (unpaired) electrons. The number of fused-ring (bicyclic) bond motifs is 1. The topological polar surface area (TPSA) is 70.7 Å². The first-order valence-electron chi connectivity index (χ1n) is 8.01. The number of benzene rings is 1. The van der Waals surface area contributed by atoms with E-state index < -0.39 is 0 Å². The standard InChI is InChI=1S/C17H25FN4O2.HI/c1-19-17(21-7-8-24-10-9-23-2)20-6-5-13-12-22-16-11-14(18)3-4-15(13)16;/h3-4,11-12,22H,5-10H2,1-2H3,(H2,19,20,21);1H. The molecule has 0 saturated heterocycles. The van der Waals surface area contributed by atoms with E-state index in [-0.39, 0.29) is 29.8 Å². The molecule has 25 heavy (non-hydrogen) atoms. The van der Waals surface area contributed by atoms with Crippen LogP contribution in [0, 0.1) is 5.82 Å². The molecule has 8 heteroatoms. The Morgan fingerprint density at radius 1 is 1.20 bits per heavy atom. The van der Waals surface area contributed by atoms with Gasteiger partial charge in [0.05, 0.1) is 19.8 Å². The number of halogens is 2. The Hall–Kier alpha value is -1.39. The predicted octanol–water partition coefficient (Wildman–Crippen LogP) is 2.30. The molecule has 0 aliphatic carbocycles. The molecule has 1 aromatic heterocycles. The highest BCUT2D eigenvalue weighted by molar-refractivity contribution is 14.0. The summed E-state index contributed by atoms with van der Waals surface area (Å²) < 4.78 is 23.5. The molecule has 0 aliphatic heterocycles. The fraction of sp³-hybridized carbons (Fsp3) is 0.471. The molecule has 2 aromatic rings. The molecule has 3 N–H and O–H groups in total. The van der Waals surface area contributed by atoms with Gasteiger partial charge in [0, 0.05) is 44.3 Å². The number of methoxy groups -OCH3 is 1. The van der Waals surface area contributed by atoms with Crippen LogP contribution in [0.4, 0.5) is 4.39 Å². The van der Waals surface area contributed by atoms with E-state index in [0.717, 1.165) is 35.4 Å². The summed E-state index contributed by atoms with van der Waals surface area (Å²) in [6.07, 6.45) is 2.74. The Balaban J connectivity index is 0.00000312. The number of aliphatic imine (C=N–C) groups is 1. The summed E-state index contributed by atoms with van der Waals surface area (Å²) in [6.45, 7) is 3.19. The highest BCUT2D eigenvalue weighted by Gasteiger charge is 2.05. The fourth-order valence-corrected chi connectivity index (χ4v) is 2.39. The Labute approximate surface area is 164 Å². The highest BCUT2D eigenvalue weighted by atomic mass is 127. The van der Waals surface area contributed by atoms with Crippen molar-refractivity contribution in [2.45, 2.75) is 6.42 Å². The number of hydrogen-bond donors (Lipinski definition) is 3. The summed E-state index contributed by atoms with van der Waals surface area (Å²) in [6, 6.07) is 4.80. The van der Waals surface area contributed by atoms with E-state index in [1.165, 1.54) is 12.1 Å². The lowest BCUT2D eigenvalue weighted by Crippen LogP contribution is -2.39. The molecule has 0 aliphatic rings. The molecule has 1 heterocycles. The van der Waals surface area contributed by atoms with Crippen LogP contribution in [0.1, 0.15) is 5.56 Å². The number of ether oxygens (including phenoxy) is 2. The van der Waals surface area contributed by atoms with Crippen molar-refractivity contribution in [2.75, 3.05) is 47.1 Å². The Morgan fingerprint density at radius 2 is 2.00 bits per heavy atom. The van der Waals surface area contributed by atoms with Crippen LogP contribution in [0.3, 0.4) is 0 Å². The van der Waals surface area contributed by atoms with E-state index in [9.17, 15) is 4.39 Å². The average molecular weight is 464 g/mol. The maximum absolute atomic E-state index is 13.2. The first kappa shape index (κ1) is 21.7. The van der Waals surface area contributed by atoms with Gasteiger partial charge in [-0.25, -0.2) is 4.39 Å². The smallest absolute Gasteiger partial charge is 0.191 e. The van der Waals surface area contributed by atoms with Gasteiger partial charge in [0.2, 0.25) is 0 Å². The summed E-state index contributed by atoms with van der Waals surface area (Å²) in [5.41, 5.74) is 1.97. The van der Waals surface area contributed by atoms with Gasteiger partial charge in [-0.3, -0.25) is 4.99 Å². The van der Waals surface area contributed by atoms with E-state index in [0.29, 0.717) is 26.4 Å². The molecule has 1 aromatic carbocycles. The largest absolute Gasteiger partial charge is 0.382 e. The van der Waals surface area contributed by atoms with Crippen molar-refractivity contribution in [3.63, 3.8) is 0 Å². The minimum Gasteiger partial charge on any atom is -0.382 e. The molecule has 0 atom stereocenters. The number of aromatic amines is 1. The van der Waals surface area contributed by atoms with Crippen LogP contribution < -0.4 is 10.6 Å². The Bertz CT molecular complexity index is 663. The average Bonchev–Trinajstić information content (AvgIpc) is 2.98. The van der Waals surface area contributed by atoms with Gasteiger partial charge >= 0.3 is 0 Å². The fourth-order valence-electron chi connectivity index (χ4n) is 2.39. The summed E-state index contributed by atoms with van der Waals surface area (Å²) in [5, 5.41) is 7.49. The third-order valence-electron chi connectivity index (χ3n) is 3.61. The third kappa shape index (κ3) is 7.17. The molecule has 0 bridgehead atoms. The molecule has 0 fully saturated rings.